The second kappa shape index (κ2) is 5.96. The fourth-order valence-electron chi connectivity index (χ4n) is 1.74. The van der Waals surface area contributed by atoms with Crippen molar-refractivity contribution in [2.45, 2.75) is 20.8 Å². The van der Waals surface area contributed by atoms with E-state index in [0.717, 1.165) is 11.8 Å². The lowest BCUT2D eigenvalue weighted by atomic mass is 10.2. The van der Waals surface area contributed by atoms with Gasteiger partial charge in [-0.25, -0.2) is 13.9 Å². The molecule has 0 N–H and O–H groups in total. The van der Waals surface area contributed by atoms with Crippen LogP contribution in [0.25, 0.3) is 16.9 Å². The molecule has 3 aromatic rings. The van der Waals surface area contributed by atoms with Gasteiger partial charge in [0, 0.05) is 23.4 Å². The van der Waals surface area contributed by atoms with E-state index >= 15 is 0 Å². The SMILES string of the molecule is CC.Cc1cnn2c(Cl)cc(-c3cncc(F)c3)nc12. The van der Waals surface area contributed by atoms with Crippen molar-refractivity contribution in [1.82, 2.24) is 19.6 Å². The van der Waals surface area contributed by atoms with Gasteiger partial charge in [-0.2, -0.15) is 5.10 Å². The van der Waals surface area contributed by atoms with Gasteiger partial charge in [-0.3, -0.25) is 4.98 Å². The highest BCUT2D eigenvalue weighted by molar-refractivity contribution is 6.30. The number of rotatable bonds is 1. The number of aromatic nitrogens is 4. The van der Waals surface area contributed by atoms with Gasteiger partial charge in [0.25, 0.3) is 0 Å². The van der Waals surface area contributed by atoms with Crippen LogP contribution in [0, 0.1) is 12.7 Å². The average Bonchev–Trinajstić information content (AvgIpc) is 2.83. The number of hydrogen-bond acceptors (Lipinski definition) is 3. The van der Waals surface area contributed by atoms with Gasteiger partial charge in [-0.05, 0) is 13.0 Å². The van der Waals surface area contributed by atoms with Crippen molar-refractivity contribution in [1.29, 1.82) is 0 Å². The summed E-state index contributed by atoms with van der Waals surface area (Å²) in [6.45, 7) is 5.89. The van der Waals surface area contributed by atoms with Crippen LogP contribution in [0.5, 0.6) is 0 Å². The van der Waals surface area contributed by atoms with Crippen LogP contribution in [0.1, 0.15) is 19.4 Å². The molecular formula is C14H14ClFN4. The first kappa shape index (κ1) is 14.4. The third kappa shape index (κ3) is 2.63. The summed E-state index contributed by atoms with van der Waals surface area (Å²) in [6.07, 6.45) is 4.37. The van der Waals surface area contributed by atoms with Gasteiger partial charge in [-0.15, -0.1) is 0 Å². The smallest absolute Gasteiger partial charge is 0.160 e. The summed E-state index contributed by atoms with van der Waals surface area (Å²) < 4.78 is 14.7. The van der Waals surface area contributed by atoms with E-state index in [9.17, 15) is 4.39 Å². The molecule has 0 amide bonds. The van der Waals surface area contributed by atoms with Crippen LogP contribution in [-0.4, -0.2) is 19.6 Å². The minimum atomic E-state index is -0.407. The molecule has 0 bridgehead atoms. The lowest BCUT2D eigenvalue weighted by Crippen LogP contribution is -1.95. The molecule has 20 heavy (non-hydrogen) atoms. The Morgan fingerprint density at radius 1 is 1.15 bits per heavy atom. The zero-order valence-corrected chi connectivity index (χ0v) is 12.2. The number of fused-ring (bicyclic) bond motifs is 1. The maximum atomic E-state index is 13.1. The molecule has 3 heterocycles. The van der Waals surface area contributed by atoms with E-state index in [4.69, 9.17) is 11.6 Å². The van der Waals surface area contributed by atoms with Crippen molar-refractivity contribution >= 4 is 17.2 Å². The Hall–Kier alpha value is -2.01. The molecule has 0 aliphatic carbocycles. The van der Waals surface area contributed by atoms with E-state index in [1.54, 1.807) is 18.5 Å². The van der Waals surface area contributed by atoms with Crippen molar-refractivity contribution in [3.63, 3.8) is 0 Å². The quantitative estimate of drug-likeness (QED) is 0.639. The molecule has 0 saturated heterocycles. The fraction of sp³-hybridized carbons (Fsp3) is 0.214. The summed E-state index contributed by atoms with van der Waals surface area (Å²) in [7, 11) is 0. The fourth-order valence-corrected chi connectivity index (χ4v) is 1.96. The molecule has 0 aromatic carbocycles. The molecule has 6 heteroatoms. The number of nitrogens with zero attached hydrogens (tertiary/aromatic N) is 4. The molecule has 104 valence electrons. The number of halogens is 2. The maximum absolute atomic E-state index is 13.1. The van der Waals surface area contributed by atoms with Gasteiger partial charge in [0.1, 0.15) is 11.0 Å². The van der Waals surface area contributed by atoms with Gasteiger partial charge in [0.15, 0.2) is 5.65 Å². The van der Waals surface area contributed by atoms with E-state index < -0.39 is 5.82 Å². The minimum absolute atomic E-state index is 0.407. The van der Waals surface area contributed by atoms with E-state index in [2.05, 4.69) is 15.1 Å². The maximum Gasteiger partial charge on any atom is 0.160 e. The number of hydrogen-bond donors (Lipinski definition) is 0. The summed E-state index contributed by atoms with van der Waals surface area (Å²) in [5.74, 6) is -0.407. The second-order valence-corrected chi connectivity index (χ2v) is 4.31. The molecular weight excluding hydrogens is 279 g/mol. The van der Waals surface area contributed by atoms with E-state index in [1.165, 1.54) is 10.6 Å². The third-order valence-corrected chi connectivity index (χ3v) is 2.87. The third-order valence-electron chi connectivity index (χ3n) is 2.61. The van der Waals surface area contributed by atoms with Gasteiger partial charge in [0.2, 0.25) is 0 Å². The van der Waals surface area contributed by atoms with Crippen LogP contribution in [0.2, 0.25) is 5.15 Å². The molecule has 0 radical (unpaired) electrons. The Morgan fingerprint density at radius 2 is 1.90 bits per heavy atom. The predicted octanol–water partition coefficient (Wildman–Crippen LogP) is 3.92. The topological polar surface area (TPSA) is 43.1 Å². The van der Waals surface area contributed by atoms with Crippen LogP contribution < -0.4 is 0 Å². The van der Waals surface area contributed by atoms with Crippen molar-refractivity contribution in [2.75, 3.05) is 0 Å². The van der Waals surface area contributed by atoms with E-state index in [0.29, 0.717) is 22.1 Å². The molecule has 0 atom stereocenters. The molecule has 0 saturated carbocycles. The highest BCUT2D eigenvalue weighted by Gasteiger charge is 2.09. The average molecular weight is 293 g/mol. The van der Waals surface area contributed by atoms with Crippen LogP contribution in [0.3, 0.4) is 0 Å². The van der Waals surface area contributed by atoms with Crippen molar-refractivity contribution in [2.24, 2.45) is 0 Å². The van der Waals surface area contributed by atoms with Gasteiger partial charge in [-0.1, -0.05) is 25.4 Å². The molecule has 0 aliphatic heterocycles. The standard InChI is InChI=1S/C12H8ClFN4.C2H6/c1-7-4-16-18-11(13)3-10(17-12(7)18)8-2-9(14)6-15-5-8;1-2/h2-6H,1H3;1-2H3. The van der Waals surface area contributed by atoms with E-state index in [1.807, 2.05) is 20.8 Å². The normalized spacial score (nSPS) is 10.2. The molecule has 0 spiro atoms. The molecule has 4 nitrogen and oxygen atoms in total. The lowest BCUT2D eigenvalue weighted by Gasteiger charge is -2.03. The summed E-state index contributed by atoms with van der Waals surface area (Å²) >= 11 is 6.11. The second-order valence-electron chi connectivity index (χ2n) is 3.92. The van der Waals surface area contributed by atoms with Crippen LogP contribution in [0.4, 0.5) is 4.39 Å². The van der Waals surface area contributed by atoms with Crippen molar-refractivity contribution in [3.8, 4) is 11.3 Å². The zero-order valence-electron chi connectivity index (χ0n) is 11.4. The van der Waals surface area contributed by atoms with Crippen molar-refractivity contribution < 1.29 is 4.39 Å². The zero-order chi connectivity index (χ0) is 14.7. The monoisotopic (exact) mass is 292 g/mol. The lowest BCUT2D eigenvalue weighted by molar-refractivity contribution is 0.622. The Kier molecular flexibility index (Phi) is 4.29. The Morgan fingerprint density at radius 3 is 2.60 bits per heavy atom. The number of aryl methyl sites for hydroxylation is 1. The Bertz CT molecular complexity index is 739. The molecule has 0 unspecified atom stereocenters. The molecule has 3 rings (SSSR count). The summed E-state index contributed by atoms with van der Waals surface area (Å²) in [6, 6.07) is 3.01. The van der Waals surface area contributed by atoms with Gasteiger partial charge < -0.3 is 0 Å². The first-order valence-electron chi connectivity index (χ1n) is 6.27. The Labute approximate surface area is 121 Å². The molecule has 3 aromatic heterocycles. The highest BCUT2D eigenvalue weighted by atomic mass is 35.5. The minimum Gasteiger partial charge on any atom is -0.261 e. The predicted molar refractivity (Wildman–Crippen MR) is 77.3 cm³/mol. The van der Waals surface area contributed by atoms with Gasteiger partial charge >= 0.3 is 0 Å². The van der Waals surface area contributed by atoms with Crippen LogP contribution in [0.15, 0.2) is 30.7 Å². The molecule has 0 aliphatic rings. The van der Waals surface area contributed by atoms with Gasteiger partial charge in [0.05, 0.1) is 18.1 Å². The van der Waals surface area contributed by atoms with Crippen molar-refractivity contribution in [3.05, 3.63) is 47.3 Å². The van der Waals surface area contributed by atoms with Crippen LogP contribution >= 0.6 is 11.6 Å². The van der Waals surface area contributed by atoms with Crippen LogP contribution in [-0.2, 0) is 0 Å². The van der Waals surface area contributed by atoms with E-state index in [-0.39, 0.29) is 0 Å². The Balaban J connectivity index is 0.000000704. The summed E-state index contributed by atoms with van der Waals surface area (Å²) in [5.41, 5.74) is 2.72. The summed E-state index contributed by atoms with van der Waals surface area (Å²) in [4.78, 5) is 8.22. The number of pyridine rings is 1. The largest absolute Gasteiger partial charge is 0.261 e. The first-order valence-corrected chi connectivity index (χ1v) is 6.65. The highest BCUT2D eigenvalue weighted by Crippen LogP contribution is 2.23. The molecule has 0 fully saturated rings. The first-order chi connectivity index (χ1) is 9.65. The summed E-state index contributed by atoms with van der Waals surface area (Å²) in [5, 5.41) is 4.53.